The van der Waals surface area contributed by atoms with Gasteiger partial charge in [0.25, 0.3) is 0 Å². The van der Waals surface area contributed by atoms with Gasteiger partial charge in [-0.15, -0.1) is 49.2 Å². The average Bonchev–Trinajstić information content (AvgIpc) is 3.30. The fraction of sp³-hybridized carbons (Fsp3) is 0.167. The van der Waals surface area contributed by atoms with E-state index in [1.54, 1.807) is 0 Å². The minimum Gasteiger partial charge on any atom is -0.270 e. The first kappa shape index (κ1) is 26.8. The second-order valence-electron chi connectivity index (χ2n) is 5.64. The van der Waals surface area contributed by atoms with Crippen LogP contribution in [0.4, 0.5) is 17.6 Å². The molecule has 0 spiro atoms. The topological polar surface area (TPSA) is 0 Å². The number of allylic oxidation sites excluding steroid dienone is 8. The Morgan fingerprint density at radius 2 is 1.07 bits per heavy atom. The smallest absolute Gasteiger partial charge is 0.270 e. The van der Waals surface area contributed by atoms with Gasteiger partial charge in [0, 0.05) is 23.3 Å². The molecule has 0 radical (unpaired) electrons. The van der Waals surface area contributed by atoms with Crippen LogP contribution >= 0.6 is 0 Å². The molecule has 2 aliphatic carbocycles. The minimum atomic E-state index is -0.662. The Morgan fingerprint density at radius 1 is 0.690 bits per heavy atom. The number of halogens is 4. The quantitative estimate of drug-likeness (QED) is 0.241. The Balaban J connectivity index is 0.000000359. The molecule has 5 heteroatoms. The summed E-state index contributed by atoms with van der Waals surface area (Å²) in [6.45, 7) is 4.12. The van der Waals surface area contributed by atoms with Gasteiger partial charge in [0.2, 0.25) is 0 Å². The van der Waals surface area contributed by atoms with Crippen LogP contribution in [-0.4, -0.2) is 0 Å². The monoisotopic (exact) mass is 432 g/mol. The summed E-state index contributed by atoms with van der Waals surface area (Å²) in [4.78, 5) is 0. The van der Waals surface area contributed by atoms with Crippen LogP contribution in [0.15, 0.2) is 71.8 Å². The molecule has 0 bridgehead atoms. The molecule has 0 nitrogen and oxygen atoms in total. The van der Waals surface area contributed by atoms with E-state index in [2.05, 4.69) is 62.4 Å². The molecule has 0 atom stereocenters. The maximum Gasteiger partial charge on any atom is 4.00 e. The molecule has 0 amide bonds. The molecule has 0 heterocycles. The van der Waals surface area contributed by atoms with Crippen molar-refractivity contribution in [3.05, 3.63) is 119 Å². The summed E-state index contributed by atoms with van der Waals surface area (Å²) >= 11 is 0. The van der Waals surface area contributed by atoms with Crippen molar-refractivity contribution in [1.29, 1.82) is 0 Å². The molecule has 0 unspecified atom stereocenters. The molecule has 0 saturated carbocycles. The molecular formula is C24H20F4Ti. The Bertz CT molecular complexity index is 740. The van der Waals surface area contributed by atoms with Gasteiger partial charge >= 0.3 is 21.7 Å². The molecule has 2 aromatic carbocycles. The number of benzene rings is 2. The zero-order valence-electron chi connectivity index (χ0n) is 16.2. The molecule has 0 N–H and O–H groups in total. The fourth-order valence-electron chi connectivity index (χ4n) is 1.85. The molecule has 0 fully saturated rings. The number of rotatable bonds is 0. The predicted molar refractivity (Wildman–Crippen MR) is 103 cm³/mol. The van der Waals surface area contributed by atoms with E-state index in [-0.39, 0.29) is 21.7 Å². The first-order valence-corrected chi connectivity index (χ1v) is 8.50. The summed E-state index contributed by atoms with van der Waals surface area (Å²) in [5.74, 6) is -2.46. The molecular weight excluding hydrogens is 412 g/mol. The van der Waals surface area contributed by atoms with Crippen LogP contribution in [-0.2, 0) is 21.7 Å². The summed E-state index contributed by atoms with van der Waals surface area (Å²) in [7, 11) is 0. The van der Waals surface area contributed by atoms with Crippen molar-refractivity contribution in [2.45, 2.75) is 26.7 Å². The molecule has 29 heavy (non-hydrogen) atoms. The first-order valence-electron chi connectivity index (χ1n) is 8.50. The van der Waals surface area contributed by atoms with Gasteiger partial charge in [0.1, 0.15) is 0 Å². The van der Waals surface area contributed by atoms with Gasteiger partial charge in [-0.1, -0.05) is 13.8 Å². The molecule has 0 aromatic heterocycles. The number of hydrogen-bond acceptors (Lipinski definition) is 0. The third kappa shape index (κ3) is 14.5. The van der Waals surface area contributed by atoms with E-state index < -0.39 is 23.3 Å². The van der Waals surface area contributed by atoms with Crippen LogP contribution in [0.1, 0.15) is 26.7 Å². The number of hydrogen-bond donors (Lipinski definition) is 0. The summed E-state index contributed by atoms with van der Waals surface area (Å²) < 4.78 is 47.6. The van der Waals surface area contributed by atoms with E-state index in [4.69, 9.17) is 0 Å². The predicted octanol–water partition coefficient (Wildman–Crippen LogP) is 6.92. The van der Waals surface area contributed by atoms with Crippen LogP contribution < -0.4 is 0 Å². The fourth-order valence-corrected chi connectivity index (χ4v) is 1.85. The van der Waals surface area contributed by atoms with E-state index in [1.165, 1.54) is 23.3 Å². The van der Waals surface area contributed by atoms with Crippen molar-refractivity contribution < 1.29 is 39.3 Å². The van der Waals surface area contributed by atoms with Crippen molar-refractivity contribution in [2.75, 3.05) is 0 Å². The average molecular weight is 432 g/mol. The molecule has 4 rings (SSSR count). The third-order valence-corrected chi connectivity index (χ3v) is 3.19. The third-order valence-electron chi connectivity index (χ3n) is 3.19. The van der Waals surface area contributed by atoms with E-state index >= 15 is 0 Å². The van der Waals surface area contributed by atoms with E-state index in [0.717, 1.165) is 37.1 Å². The van der Waals surface area contributed by atoms with Gasteiger partial charge in [0.15, 0.2) is 0 Å². The van der Waals surface area contributed by atoms with Crippen LogP contribution in [0.3, 0.4) is 0 Å². The van der Waals surface area contributed by atoms with Gasteiger partial charge in [-0.05, 0) is 0 Å². The van der Waals surface area contributed by atoms with Crippen LogP contribution in [0.2, 0.25) is 0 Å². The summed E-state index contributed by atoms with van der Waals surface area (Å²) in [6, 6.07) is 10.6. The largest absolute Gasteiger partial charge is 4.00 e. The van der Waals surface area contributed by atoms with Crippen LogP contribution in [0, 0.1) is 47.6 Å². The summed E-state index contributed by atoms with van der Waals surface area (Å²) in [5.41, 5.74) is 2.55. The van der Waals surface area contributed by atoms with Crippen LogP contribution in [0.25, 0.3) is 0 Å². The van der Waals surface area contributed by atoms with E-state index in [9.17, 15) is 17.6 Å². The second-order valence-corrected chi connectivity index (χ2v) is 5.64. The van der Waals surface area contributed by atoms with Crippen LogP contribution in [0.5, 0.6) is 0 Å². The molecule has 148 valence electrons. The van der Waals surface area contributed by atoms with Gasteiger partial charge in [-0.2, -0.15) is 24.3 Å². The maximum atomic E-state index is 11.9. The Hall–Kier alpha value is -2.17. The van der Waals surface area contributed by atoms with Gasteiger partial charge in [-0.3, -0.25) is 12.2 Å². The standard InChI is InChI=1S/2C6H3F2.2C6H7.Ti/c2*7-5-2-1-3-6(8)4-5;2*1-6-4-2-3-5-6;/h2*1-2,4H;2*2,4H,3H2,1H3;/q4*-1;+4. The Morgan fingerprint density at radius 3 is 1.21 bits per heavy atom. The SMILES string of the molecule is CC1=[C-]CC=C1.CC1=[C-]CC=C1.Fc1[c-]ccc(F)c1.Fc1[c-]ccc(F)c1.[Ti+4]. The summed E-state index contributed by atoms with van der Waals surface area (Å²) in [6.07, 6.45) is 16.7. The minimum absolute atomic E-state index is 0. The van der Waals surface area contributed by atoms with Gasteiger partial charge in [-0.25, -0.2) is 40.9 Å². The van der Waals surface area contributed by atoms with E-state index in [1.807, 2.05) is 0 Å². The van der Waals surface area contributed by atoms with Gasteiger partial charge in [0.05, 0.1) is 0 Å². The molecule has 0 aliphatic heterocycles. The van der Waals surface area contributed by atoms with Crippen molar-refractivity contribution >= 4 is 0 Å². The first-order chi connectivity index (χ1) is 13.4. The molecule has 0 saturated heterocycles. The second kappa shape index (κ2) is 15.7. The Kier molecular flexibility index (Phi) is 14.5. The molecule has 2 aliphatic rings. The zero-order chi connectivity index (χ0) is 20.8. The molecule has 2 aromatic rings. The van der Waals surface area contributed by atoms with E-state index in [0.29, 0.717) is 0 Å². The summed E-state index contributed by atoms with van der Waals surface area (Å²) in [5, 5.41) is 0. The maximum absolute atomic E-state index is 11.9. The zero-order valence-corrected chi connectivity index (χ0v) is 17.8. The van der Waals surface area contributed by atoms with Crippen molar-refractivity contribution in [2.24, 2.45) is 0 Å². The van der Waals surface area contributed by atoms with Gasteiger partial charge < -0.3 is 0 Å². The van der Waals surface area contributed by atoms with Crippen molar-refractivity contribution in [3.63, 3.8) is 0 Å². The Labute approximate surface area is 185 Å². The van der Waals surface area contributed by atoms with Crippen molar-refractivity contribution in [3.8, 4) is 0 Å². The van der Waals surface area contributed by atoms with Crippen molar-refractivity contribution in [1.82, 2.24) is 0 Å². The normalized spacial score (nSPS) is 12.8.